The van der Waals surface area contributed by atoms with Crippen molar-refractivity contribution in [3.8, 4) is 0 Å². The number of hydrogen-bond donors (Lipinski definition) is 1. The van der Waals surface area contributed by atoms with Gasteiger partial charge in [-0.05, 0) is 50.7 Å². The van der Waals surface area contributed by atoms with Crippen molar-refractivity contribution in [3.63, 3.8) is 0 Å². The Morgan fingerprint density at radius 2 is 2.00 bits per heavy atom. The van der Waals surface area contributed by atoms with Gasteiger partial charge in [-0.3, -0.25) is 0 Å². The van der Waals surface area contributed by atoms with Crippen molar-refractivity contribution < 1.29 is 4.74 Å². The van der Waals surface area contributed by atoms with Gasteiger partial charge in [-0.15, -0.1) is 15.3 Å². The molecule has 122 valence electrons. The van der Waals surface area contributed by atoms with E-state index in [9.17, 15) is 0 Å². The summed E-state index contributed by atoms with van der Waals surface area (Å²) in [6.45, 7) is 0.861. The van der Waals surface area contributed by atoms with Crippen molar-refractivity contribution in [2.24, 2.45) is 0 Å². The number of nitrogens with zero attached hydrogens (tertiary/aromatic N) is 4. The minimum absolute atomic E-state index is 0.135. The van der Waals surface area contributed by atoms with Crippen molar-refractivity contribution in [3.05, 3.63) is 18.0 Å². The second kappa shape index (κ2) is 5.16. The Morgan fingerprint density at radius 1 is 1.13 bits per heavy atom. The third-order valence-corrected chi connectivity index (χ3v) is 5.59. The van der Waals surface area contributed by atoms with E-state index < -0.39 is 0 Å². The van der Waals surface area contributed by atoms with Gasteiger partial charge in [-0.1, -0.05) is 12.8 Å². The molecular weight excluding hydrogens is 290 g/mol. The summed E-state index contributed by atoms with van der Waals surface area (Å²) in [5, 5.41) is 16.9. The van der Waals surface area contributed by atoms with Crippen molar-refractivity contribution in [1.29, 1.82) is 0 Å². The van der Waals surface area contributed by atoms with Crippen LogP contribution < -0.4 is 5.32 Å². The number of anilines is 1. The Hall–Kier alpha value is -1.69. The highest BCUT2D eigenvalue weighted by atomic mass is 16.5. The summed E-state index contributed by atoms with van der Waals surface area (Å²) in [6.07, 6.45) is 9.63. The normalized spacial score (nSPS) is 26.9. The lowest BCUT2D eigenvalue weighted by Crippen LogP contribution is -2.42. The van der Waals surface area contributed by atoms with Crippen LogP contribution in [0.4, 0.5) is 5.82 Å². The second-order valence-electron chi connectivity index (χ2n) is 7.39. The number of aromatic nitrogens is 4. The smallest absolute Gasteiger partial charge is 0.178 e. The Labute approximate surface area is 135 Å². The summed E-state index contributed by atoms with van der Waals surface area (Å²) < 4.78 is 8.05. The monoisotopic (exact) mass is 313 g/mol. The first-order valence-electron chi connectivity index (χ1n) is 8.94. The predicted molar refractivity (Wildman–Crippen MR) is 86.6 cm³/mol. The second-order valence-corrected chi connectivity index (χ2v) is 7.39. The van der Waals surface area contributed by atoms with E-state index in [-0.39, 0.29) is 5.60 Å². The first kappa shape index (κ1) is 13.7. The summed E-state index contributed by atoms with van der Waals surface area (Å²) >= 11 is 0. The maximum atomic E-state index is 6.13. The van der Waals surface area contributed by atoms with Gasteiger partial charge in [0, 0.05) is 18.6 Å². The largest absolute Gasteiger partial charge is 0.375 e. The van der Waals surface area contributed by atoms with Gasteiger partial charge in [0.1, 0.15) is 5.82 Å². The molecule has 5 rings (SSSR count). The summed E-state index contributed by atoms with van der Waals surface area (Å²) in [7, 11) is 0. The van der Waals surface area contributed by atoms with Crippen LogP contribution in [0.1, 0.15) is 63.1 Å². The van der Waals surface area contributed by atoms with E-state index in [2.05, 4.69) is 15.5 Å². The molecule has 1 saturated heterocycles. The van der Waals surface area contributed by atoms with Crippen molar-refractivity contribution in [2.45, 2.75) is 68.9 Å². The zero-order valence-electron chi connectivity index (χ0n) is 13.4. The van der Waals surface area contributed by atoms with E-state index in [1.807, 2.05) is 16.6 Å². The number of fused-ring (bicyclic) bond motifs is 1. The minimum atomic E-state index is 0.135. The van der Waals surface area contributed by atoms with Crippen LogP contribution in [0.2, 0.25) is 0 Å². The lowest BCUT2D eigenvalue weighted by atomic mass is 9.89. The molecular formula is C17H23N5O. The maximum absolute atomic E-state index is 6.13. The quantitative estimate of drug-likeness (QED) is 0.944. The molecule has 1 N–H and O–H groups in total. The molecule has 0 aromatic carbocycles. The molecule has 2 saturated carbocycles. The fourth-order valence-corrected chi connectivity index (χ4v) is 4.21. The first-order valence-corrected chi connectivity index (χ1v) is 8.94. The number of ether oxygens (including phenoxy) is 1. The van der Waals surface area contributed by atoms with Crippen molar-refractivity contribution in [1.82, 2.24) is 19.8 Å². The SMILES string of the molecule is c1cc2nnc(C3CC3)n2nc1NC1CCOC2(CCCC2)C1. The standard InChI is InChI=1S/C17H23N5O/c1-2-9-17(8-1)11-13(7-10-23-17)18-14-5-6-15-19-20-16(12-3-4-12)22(15)21-14/h5-6,12-13H,1-4,7-11H2,(H,18,21). The molecule has 0 bridgehead atoms. The van der Waals surface area contributed by atoms with Crippen LogP contribution in [0.25, 0.3) is 5.65 Å². The summed E-state index contributed by atoms with van der Waals surface area (Å²) in [6, 6.07) is 4.49. The van der Waals surface area contributed by atoms with Gasteiger partial charge in [-0.25, -0.2) is 0 Å². The van der Waals surface area contributed by atoms with Crippen molar-refractivity contribution >= 4 is 11.5 Å². The minimum Gasteiger partial charge on any atom is -0.375 e. The van der Waals surface area contributed by atoms with E-state index in [0.29, 0.717) is 12.0 Å². The molecule has 1 unspecified atom stereocenters. The third-order valence-electron chi connectivity index (χ3n) is 5.59. The molecule has 1 atom stereocenters. The third kappa shape index (κ3) is 2.49. The van der Waals surface area contributed by atoms with Crippen LogP contribution >= 0.6 is 0 Å². The molecule has 1 aliphatic heterocycles. The van der Waals surface area contributed by atoms with Crippen LogP contribution in [0, 0.1) is 0 Å². The Kier molecular flexibility index (Phi) is 3.08. The van der Waals surface area contributed by atoms with Gasteiger partial charge in [0.2, 0.25) is 0 Å². The van der Waals surface area contributed by atoms with Crippen molar-refractivity contribution in [2.75, 3.05) is 11.9 Å². The van der Waals surface area contributed by atoms with Crippen LogP contribution in [0.15, 0.2) is 12.1 Å². The molecule has 2 aromatic heterocycles. The lowest BCUT2D eigenvalue weighted by Gasteiger charge is -2.38. The molecule has 2 aromatic rings. The number of rotatable bonds is 3. The molecule has 0 amide bonds. The van der Waals surface area contributed by atoms with Gasteiger partial charge in [0.25, 0.3) is 0 Å². The molecule has 0 radical (unpaired) electrons. The average Bonchev–Trinajstić information content (AvgIpc) is 3.17. The summed E-state index contributed by atoms with van der Waals surface area (Å²) in [5.41, 5.74) is 0.979. The molecule has 23 heavy (non-hydrogen) atoms. The van der Waals surface area contributed by atoms with E-state index in [0.717, 1.165) is 36.7 Å². The zero-order chi connectivity index (χ0) is 15.3. The van der Waals surface area contributed by atoms with Gasteiger partial charge >= 0.3 is 0 Å². The highest BCUT2D eigenvalue weighted by molar-refractivity contribution is 5.45. The first-order chi connectivity index (χ1) is 11.3. The summed E-state index contributed by atoms with van der Waals surface area (Å²) in [5.74, 6) is 2.50. The van der Waals surface area contributed by atoms with Gasteiger partial charge in [0.15, 0.2) is 11.5 Å². The number of nitrogens with one attached hydrogen (secondary N) is 1. The van der Waals surface area contributed by atoms with E-state index in [1.165, 1.54) is 38.5 Å². The van der Waals surface area contributed by atoms with Gasteiger partial charge in [-0.2, -0.15) is 4.52 Å². The molecule has 3 aliphatic rings. The molecule has 2 aliphatic carbocycles. The highest BCUT2D eigenvalue weighted by Gasteiger charge is 2.40. The molecule has 6 heteroatoms. The van der Waals surface area contributed by atoms with Crippen LogP contribution in [0.5, 0.6) is 0 Å². The fourth-order valence-electron chi connectivity index (χ4n) is 4.21. The Balaban J connectivity index is 1.37. The highest BCUT2D eigenvalue weighted by Crippen LogP contribution is 2.41. The predicted octanol–water partition coefficient (Wildman–Crippen LogP) is 2.91. The van der Waals surface area contributed by atoms with Gasteiger partial charge < -0.3 is 10.1 Å². The molecule has 3 heterocycles. The van der Waals surface area contributed by atoms with E-state index in [1.54, 1.807) is 0 Å². The van der Waals surface area contributed by atoms with Crippen LogP contribution in [-0.2, 0) is 4.74 Å². The topological polar surface area (TPSA) is 64.3 Å². The maximum Gasteiger partial charge on any atom is 0.178 e. The van der Waals surface area contributed by atoms with E-state index >= 15 is 0 Å². The molecule has 3 fully saturated rings. The average molecular weight is 313 g/mol. The zero-order valence-corrected chi connectivity index (χ0v) is 13.4. The van der Waals surface area contributed by atoms with Crippen LogP contribution in [0.3, 0.4) is 0 Å². The molecule has 1 spiro atoms. The Morgan fingerprint density at radius 3 is 2.83 bits per heavy atom. The van der Waals surface area contributed by atoms with E-state index in [4.69, 9.17) is 9.84 Å². The van der Waals surface area contributed by atoms with Gasteiger partial charge in [0.05, 0.1) is 5.60 Å². The van der Waals surface area contributed by atoms with Crippen LogP contribution in [-0.4, -0.2) is 38.1 Å². The lowest BCUT2D eigenvalue weighted by molar-refractivity contribution is -0.0767. The Bertz CT molecular complexity index is 717. The molecule has 6 nitrogen and oxygen atoms in total. The fraction of sp³-hybridized carbons (Fsp3) is 0.706. The number of hydrogen-bond acceptors (Lipinski definition) is 5. The summed E-state index contributed by atoms with van der Waals surface area (Å²) in [4.78, 5) is 0.